The normalized spacial score (nSPS) is 16.1. The minimum atomic E-state index is -0.706. The second-order valence-electron chi connectivity index (χ2n) is 6.11. The lowest BCUT2D eigenvalue weighted by Crippen LogP contribution is -2.45. The number of methoxy groups -OCH3 is 1. The number of anilines is 1. The number of urea groups is 1. The zero-order valence-electron chi connectivity index (χ0n) is 15.2. The molecule has 2 aromatic rings. The summed E-state index contributed by atoms with van der Waals surface area (Å²) in [6.07, 6.45) is 0. The Labute approximate surface area is 160 Å². The van der Waals surface area contributed by atoms with E-state index in [1.165, 1.54) is 25.3 Å². The van der Waals surface area contributed by atoms with E-state index in [1.807, 2.05) is 0 Å². The van der Waals surface area contributed by atoms with Crippen LogP contribution in [-0.4, -0.2) is 24.0 Å². The molecule has 0 saturated carbocycles. The van der Waals surface area contributed by atoms with Crippen LogP contribution in [0.3, 0.4) is 0 Å². The molecule has 0 bridgehead atoms. The summed E-state index contributed by atoms with van der Waals surface area (Å²) >= 11 is 0. The topological polar surface area (TPSA) is 123 Å². The van der Waals surface area contributed by atoms with E-state index in [1.54, 1.807) is 37.3 Å². The summed E-state index contributed by atoms with van der Waals surface area (Å²) < 4.78 is 5.22. The Morgan fingerprint density at radius 2 is 1.96 bits per heavy atom. The minimum Gasteiger partial charge on any atom is -0.497 e. The highest BCUT2D eigenvalue weighted by Crippen LogP contribution is 2.30. The average Bonchev–Trinajstić information content (AvgIpc) is 2.67. The maximum absolute atomic E-state index is 12.9. The Hall–Kier alpha value is -3.88. The van der Waals surface area contributed by atoms with Gasteiger partial charge < -0.3 is 20.7 Å². The lowest BCUT2D eigenvalue weighted by Gasteiger charge is -2.28. The van der Waals surface area contributed by atoms with E-state index >= 15 is 0 Å². The Morgan fingerprint density at radius 1 is 1.21 bits per heavy atom. The molecule has 0 radical (unpaired) electrons. The van der Waals surface area contributed by atoms with Crippen LogP contribution in [0, 0.1) is 10.1 Å². The predicted octanol–water partition coefficient (Wildman–Crippen LogP) is 2.87. The summed E-state index contributed by atoms with van der Waals surface area (Å²) in [5.74, 6) is 0.0969. The Kier molecular flexibility index (Phi) is 5.25. The van der Waals surface area contributed by atoms with Gasteiger partial charge in [-0.3, -0.25) is 14.9 Å². The second-order valence-corrected chi connectivity index (χ2v) is 6.11. The summed E-state index contributed by atoms with van der Waals surface area (Å²) in [4.78, 5) is 35.3. The first-order valence-corrected chi connectivity index (χ1v) is 8.37. The molecule has 1 aliphatic heterocycles. The van der Waals surface area contributed by atoms with Gasteiger partial charge in [-0.2, -0.15) is 0 Å². The molecule has 9 nitrogen and oxygen atoms in total. The van der Waals surface area contributed by atoms with E-state index in [-0.39, 0.29) is 11.4 Å². The molecule has 1 atom stereocenters. The highest BCUT2D eigenvalue weighted by Gasteiger charge is 2.31. The highest BCUT2D eigenvalue weighted by molar-refractivity contribution is 6.06. The molecule has 144 valence electrons. The van der Waals surface area contributed by atoms with E-state index in [2.05, 4.69) is 16.0 Å². The number of hydrogen-bond acceptors (Lipinski definition) is 5. The summed E-state index contributed by atoms with van der Waals surface area (Å²) in [5.41, 5.74) is 1.49. The van der Waals surface area contributed by atoms with Crippen LogP contribution in [-0.2, 0) is 4.79 Å². The Balaban J connectivity index is 1.94. The first-order chi connectivity index (χ1) is 13.4. The molecular weight excluding hydrogens is 364 g/mol. The lowest BCUT2D eigenvalue weighted by molar-refractivity contribution is -0.384. The van der Waals surface area contributed by atoms with Gasteiger partial charge in [0.05, 0.1) is 23.6 Å². The van der Waals surface area contributed by atoms with Crippen molar-refractivity contribution in [3.05, 3.63) is 75.5 Å². The number of carbonyl (C=O) groups is 2. The lowest BCUT2D eigenvalue weighted by atomic mass is 9.94. The van der Waals surface area contributed by atoms with Gasteiger partial charge in [-0.15, -0.1) is 0 Å². The average molecular weight is 382 g/mol. The maximum atomic E-state index is 12.9. The summed E-state index contributed by atoms with van der Waals surface area (Å²) in [6, 6.07) is 11.5. The van der Waals surface area contributed by atoms with Crippen LogP contribution >= 0.6 is 0 Å². The van der Waals surface area contributed by atoms with Crippen LogP contribution in [0.5, 0.6) is 5.75 Å². The number of rotatable bonds is 5. The van der Waals surface area contributed by atoms with E-state index in [0.29, 0.717) is 22.6 Å². The molecular formula is C19H18N4O5. The van der Waals surface area contributed by atoms with Gasteiger partial charge in [-0.25, -0.2) is 4.79 Å². The van der Waals surface area contributed by atoms with Gasteiger partial charge in [-0.1, -0.05) is 18.2 Å². The first-order valence-electron chi connectivity index (χ1n) is 8.37. The third kappa shape index (κ3) is 3.93. The summed E-state index contributed by atoms with van der Waals surface area (Å²) in [6.45, 7) is 1.62. The van der Waals surface area contributed by atoms with E-state index in [4.69, 9.17) is 4.74 Å². The number of amides is 3. The summed E-state index contributed by atoms with van der Waals surface area (Å²) in [7, 11) is 1.52. The number of nitro benzene ring substituents is 1. The molecule has 0 fully saturated rings. The van der Waals surface area contributed by atoms with Gasteiger partial charge in [0.25, 0.3) is 11.6 Å². The van der Waals surface area contributed by atoms with Crippen molar-refractivity contribution in [1.29, 1.82) is 0 Å². The van der Waals surface area contributed by atoms with Crippen LogP contribution in [0.15, 0.2) is 59.8 Å². The zero-order chi connectivity index (χ0) is 20.3. The summed E-state index contributed by atoms with van der Waals surface area (Å²) in [5, 5.41) is 18.9. The fraction of sp³-hybridized carbons (Fsp3) is 0.158. The van der Waals surface area contributed by atoms with Crippen molar-refractivity contribution in [3.8, 4) is 5.75 Å². The second kappa shape index (κ2) is 7.78. The quantitative estimate of drug-likeness (QED) is 0.542. The molecule has 28 heavy (non-hydrogen) atoms. The molecule has 3 rings (SSSR count). The van der Waals surface area contributed by atoms with Gasteiger partial charge in [0.15, 0.2) is 0 Å². The van der Waals surface area contributed by atoms with Crippen LogP contribution in [0.25, 0.3) is 0 Å². The number of ether oxygens (including phenoxy) is 1. The van der Waals surface area contributed by atoms with Gasteiger partial charge >= 0.3 is 6.03 Å². The number of nitrogens with zero attached hydrogens (tertiary/aromatic N) is 1. The first kappa shape index (κ1) is 18.9. The molecule has 1 heterocycles. The molecule has 0 aromatic heterocycles. The minimum absolute atomic E-state index is 0.136. The van der Waals surface area contributed by atoms with Gasteiger partial charge in [0.1, 0.15) is 5.75 Å². The number of nitro groups is 1. The van der Waals surface area contributed by atoms with Crippen molar-refractivity contribution >= 4 is 23.3 Å². The van der Waals surface area contributed by atoms with Crippen molar-refractivity contribution in [2.45, 2.75) is 13.0 Å². The predicted molar refractivity (Wildman–Crippen MR) is 102 cm³/mol. The zero-order valence-corrected chi connectivity index (χ0v) is 15.2. The Bertz CT molecular complexity index is 986. The van der Waals surface area contributed by atoms with Crippen molar-refractivity contribution in [1.82, 2.24) is 10.6 Å². The van der Waals surface area contributed by atoms with Gasteiger partial charge in [0, 0.05) is 23.5 Å². The molecule has 1 unspecified atom stereocenters. The number of nitrogens with one attached hydrogen (secondary N) is 3. The number of carbonyl (C=O) groups excluding carboxylic acids is 2. The smallest absolute Gasteiger partial charge is 0.319 e. The monoisotopic (exact) mass is 382 g/mol. The SMILES string of the molecule is COc1cccc(C2NC(=O)NC(C)=C2C(=O)Nc2cccc([N+](=O)[O-])c2)c1. The molecule has 3 N–H and O–H groups in total. The number of allylic oxidation sites excluding steroid dienone is 1. The standard InChI is InChI=1S/C19H18N4O5/c1-11-16(18(24)21-13-6-4-7-14(10-13)23(26)27)17(22-19(25)20-11)12-5-3-8-15(9-12)28-2/h3-10,17H,1-2H3,(H,21,24)(H2,20,22,25). The van der Waals surface area contributed by atoms with E-state index in [9.17, 15) is 19.7 Å². The van der Waals surface area contributed by atoms with Gasteiger partial charge in [0.2, 0.25) is 0 Å². The van der Waals surface area contributed by atoms with Crippen molar-refractivity contribution in [2.75, 3.05) is 12.4 Å². The fourth-order valence-corrected chi connectivity index (χ4v) is 2.96. The molecule has 0 spiro atoms. The van der Waals surface area contributed by atoms with Gasteiger partial charge in [-0.05, 0) is 30.7 Å². The molecule has 3 amide bonds. The van der Waals surface area contributed by atoms with Crippen LogP contribution in [0.2, 0.25) is 0 Å². The third-order valence-corrected chi connectivity index (χ3v) is 4.26. The maximum Gasteiger partial charge on any atom is 0.319 e. The number of hydrogen-bond donors (Lipinski definition) is 3. The molecule has 0 aliphatic carbocycles. The van der Waals surface area contributed by atoms with Crippen molar-refractivity contribution in [3.63, 3.8) is 0 Å². The third-order valence-electron chi connectivity index (χ3n) is 4.26. The molecule has 2 aromatic carbocycles. The van der Waals surface area contributed by atoms with Crippen LogP contribution < -0.4 is 20.7 Å². The number of benzene rings is 2. The largest absolute Gasteiger partial charge is 0.497 e. The molecule has 9 heteroatoms. The van der Waals surface area contributed by atoms with E-state index < -0.39 is 22.9 Å². The number of non-ortho nitro benzene ring substituents is 1. The van der Waals surface area contributed by atoms with E-state index in [0.717, 1.165) is 0 Å². The van der Waals surface area contributed by atoms with Crippen molar-refractivity contribution < 1.29 is 19.2 Å². The highest BCUT2D eigenvalue weighted by atomic mass is 16.6. The van der Waals surface area contributed by atoms with Crippen LogP contribution in [0.1, 0.15) is 18.5 Å². The molecule has 0 saturated heterocycles. The van der Waals surface area contributed by atoms with Crippen molar-refractivity contribution in [2.24, 2.45) is 0 Å². The Morgan fingerprint density at radius 3 is 2.68 bits per heavy atom. The van der Waals surface area contributed by atoms with Crippen LogP contribution in [0.4, 0.5) is 16.2 Å². The molecule has 1 aliphatic rings. The fourth-order valence-electron chi connectivity index (χ4n) is 2.96.